The zero-order valence-electron chi connectivity index (χ0n) is 11.5. The molecule has 3 atom stereocenters. The van der Waals surface area contributed by atoms with E-state index in [9.17, 15) is 9.36 Å². The van der Waals surface area contributed by atoms with Gasteiger partial charge in [-0.2, -0.15) is 0 Å². The van der Waals surface area contributed by atoms with Crippen molar-refractivity contribution in [3.63, 3.8) is 0 Å². The van der Waals surface area contributed by atoms with Gasteiger partial charge in [-0.15, -0.1) is 11.6 Å². The molecule has 0 aliphatic heterocycles. The molecule has 0 aromatic carbocycles. The fourth-order valence-electron chi connectivity index (χ4n) is 3.51. The molecule has 0 amide bonds. The topological polar surface area (TPSA) is 61.8 Å². The zero-order valence-corrected chi connectivity index (χ0v) is 13.1. The highest BCUT2D eigenvalue weighted by Gasteiger charge is 2.82. The number of hydrogen-bond donors (Lipinski definition) is 0. The van der Waals surface area contributed by atoms with Gasteiger partial charge in [0.1, 0.15) is 11.0 Å². The van der Waals surface area contributed by atoms with Gasteiger partial charge in [0.15, 0.2) is 10.9 Å². The Morgan fingerprint density at radius 1 is 1.32 bits per heavy atom. The molecule has 2 rings (SSSR count). The molecule has 0 aromatic rings. The van der Waals surface area contributed by atoms with Crippen LogP contribution in [0.15, 0.2) is 0 Å². The third-order valence-electron chi connectivity index (χ3n) is 4.26. The van der Waals surface area contributed by atoms with Crippen LogP contribution in [0.25, 0.3) is 0 Å². The van der Waals surface area contributed by atoms with Gasteiger partial charge in [-0.3, -0.25) is 9.36 Å². The van der Waals surface area contributed by atoms with Crippen LogP contribution in [0.3, 0.4) is 0 Å². The Morgan fingerprint density at radius 2 is 1.89 bits per heavy atom. The molecule has 0 aromatic heterocycles. The molecule has 0 bridgehead atoms. The van der Waals surface area contributed by atoms with Crippen LogP contribution >= 0.6 is 19.2 Å². The largest absolute Gasteiger partial charge is 0.374 e. The molecule has 2 saturated carbocycles. The highest BCUT2D eigenvalue weighted by Crippen LogP contribution is 2.76. The Balaban J connectivity index is 2.50. The van der Waals surface area contributed by atoms with Crippen LogP contribution in [0.1, 0.15) is 33.1 Å². The normalized spacial score (nSPS) is 38.1. The number of ketones is 1. The molecule has 0 unspecified atom stereocenters. The summed E-state index contributed by atoms with van der Waals surface area (Å²) in [5, 5.41) is -1.98. The van der Waals surface area contributed by atoms with E-state index in [1.165, 1.54) is 7.11 Å². The average molecular weight is 311 g/mol. The standard InChI is InChI=1S/C12H20ClO5P/c1-4-17-19(15,18-5-2)12-8-6-7-11(12,16-3)9(13)10(12)14/h9H,4-8H2,1-3H3/t9-,11+,12-/m1/s1. The minimum atomic E-state index is -3.58. The zero-order chi connectivity index (χ0) is 14.3. The van der Waals surface area contributed by atoms with Crippen LogP contribution in [-0.4, -0.2) is 42.2 Å². The van der Waals surface area contributed by atoms with Gasteiger partial charge < -0.3 is 13.8 Å². The van der Waals surface area contributed by atoms with Crippen LogP contribution in [0.4, 0.5) is 0 Å². The molecule has 7 heteroatoms. The summed E-state index contributed by atoms with van der Waals surface area (Å²) in [6.07, 6.45) is 1.78. The van der Waals surface area contributed by atoms with E-state index in [4.69, 9.17) is 25.4 Å². The van der Waals surface area contributed by atoms with E-state index in [-0.39, 0.29) is 19.0 Å². The fourth-order valence-corrected chi connectivity index (χ4v) is 7.06. The lowest BCUT2D eigenvalue weighted by Crippen LogP contribution is -2.75. The third-order valence-corrected chi connectivity index (χ3v) is 7.77. The SMILES string of the molecule is CCOP(=O)(OCC)[C@@]12CCC[C@]1(OC)[C@H](Cl)C2=O. The Bertz CT molecular complexity index is 418. The molecule has 0 radical (unpaired) electrons. The summed E-state index contributed by atoms with van der Waals surface area (Å²) in [4.78, 5) is 12.4. The number of ether oxygens (including phenoxy) is 1. The number of alkyl halides is 1. The number of Topliss-reactive ketones (excluding diaryl/α,β-unsaturated/α-hetero) is 1. The first-order chi connectivity index (χ1) is 8.95. The summed E-state index contributed by atoms with van der Waals surface area (Å²) in [6.45, 7) is 3.90. The number of carbonyl (C=O) groups excluding carboxylic acids is 1. The first-order valence-electron chi connectivity index (χ1n) is 6.58. The summed E-state index contributed by atoms with van der Waals surface area (Å²) in [5.74, 6) is -0.265. The van der Waals surface area contributed by atoms with E-state index in [0.29, 0.717) is 12.8 Å². The average Bonchev–Trinajstić information content (AvgIpc) is 2.75. The smallest absolute Gasteiger partial charge is 0.347 e. The van der Waals surface area contributed by atoms with E-state index >= 15 is 0 Å². The van der Waals surface area contributed by atoms with Crippen molar-refractivity contribution in [2.75, 3.05) is 20.3 Å². The minimum Gasteiger partial charge on any atom is -0.374 e. The molecule has 2 fully saturated rings. The quantitative estimate of drug-likeness (QED) is 0.557. The van der Waals surface area contributed by atoms with Crippen LogP contribution < -0.4 is 0 Å². The monoisotopic (exact) mass is 310 g/mol. The molecule has 2 aliphatic carbocycles. The Kier molecular flexibility index (Phi) is 4.17. The molecule has 110 valence electrons. The molecule has 2 aliphatic rings. The number of halogens is 1. The van der Waals surface area contributed by atoms with Gasteiger partial charge in [0.25, 0.3) is 0 Å². The molecule has 0 spiro atoms. The van der Waals surface area contributed by atoms with Crippen LogP contribution in [0.2, 0.25) is 0 Å². The van der Waals surface area contributed by atoms with Crippen molar-refractivity contribution < 1.29 is 23.1 Å². The van der Waals surface area contributed by atoms with Crippen molar-refractivity contribution in [1.29, 1.82) is 0 Å². The van der Waals surface area contributed by atoms with Crippen molar-refractivity contribution in [2.24, 2.45) is 0 Å². The van der Waals surface area contributed by atoms with Crippen molar-refractivity contribution in [1.82, 2.24) is 0 Å². The van der Waals surface area contributed by atoms with Gasteiger partial charge >= 0.3 is 7.60 Å². The second kappa shape index (κ2) is 5.12. The number of carbonyl (C=O) groups is 1. The molecular weight excluding hydrogens is 291 g/mol. The number of hydrogen-bond acceptors (Lipinski definition) is 5. The number of methoxy groups -OCH3 is 1. The van der Waals surface area contributed by atoms with E-state index in [2.05, 4.69) is 0 Å². The molecular formula is C12H20ClO5P. The van der Waals surface area contributed by atoms with E-state index < -0.39 is 23.7 Å². The first kappa shape index (κ1) is 15.5. The maximum atomic E-state index is 13.1. The molecule has 5 nitrogen and oxygen atoms in total. The third kappa shape index (κ3) is 1.66. The van der Waals surface area contributed by atoms with E-state index in [1.807, 2.05) is 0 Å². The summed E-state index contributed by atoms with van der Waals surface area (Å²) in [7, 11) is -2.08. The van der Waals surface area contributed by atoms with E-state index in [1.54, 1.807) is 13.8 Å². The van der Waals surface area contributed by atoms with Crippen molar-refractivity contribution in [3.8, 4) is 0 Å². The predicted octanol–water partition coefficient (Wildman–Crippen LogP) is 2.75. The van der Waals surface area contributed by atoms with Gasteiger partial charge in [0.2, 0.25) is 0 Å². The maximum Gasteiger partial charge on any atom is 0.347 e. The van der Waals surface area contributed by atoms with Crippen LogP contribution in [-0.2, 0) is 23.1 Å². The Morgan fingerprint density at radius 3 is 2.37 bits per heavy atom. The Labute approximate surface area is 118 Å². The Hall–Kier alpha value is 0.0700. The van der Waals surface area contributed by atoms with Gasteiger partial charge in [-0.1, -0.05) is 0 Å². The number of rotatable bonds is 6. The highest BCUT2D eigenvalue weighted by atomic mass is 35.5. The van der Waals surface area contributed by atoms with Crippen molar-refractivity contribution in [2.45, 2.75) is 49.2 Å². The minimum absolute atomic E-state index is 0.221. The lowest BCUT2D eigenvalue weighted by Gasteiger charge is -2.56. The predicted molar refractivity (Wildman–Crippen MR) is 71.8 cm³/mol. The summed E-state index contributed by atoms with van der Waals surface area (Å²) < 4.78 is 29.4. The first-order valence-corrected chi connectivity index (χ1v) is 8.56. The molecule has 19 heavy (non-hydrogen) atoms. The second-order valence-corrected chi connectivity index (χ2v) is 7.58. The van der Waals surface area contributed by atoms with Gasteiger partial charge in [-0.05, 0) is 33.1 Å². The summed E-state index contributed by atoms with van der Waals surface area (Å²) >= 11 is 6.15. The maximum absolute atomic E-state index is 13.1. The highest BCUT2D eigenvalue weighted by molar-refractivity contribution is 7.57. The lowest BCUT2D eigenvalue weighted by molar-refractivity contribution is -0.154. The van der Waals surface area contributed by atoms with Gasteiger partial charge in [0.05, 0.1) is 13.2 Å². The fraction of sp³-hybridized carbons (Fsp3) is 0.917. The summed E-state index contributed by atoms with van der Waals surface area (Å²) in [6, 6.07) is 0. The van der Waals surface area contributed by atoms with Gasteiger partial charge in [0, 0.05) is 7.11 Å². The van der Waals surface area contributed by atoms with Crippen LogP contribution in [0.5, 0.6) is 0 Å². The molecule has 0 N–H and O–H groups in total. The molecule has 0 heterocycles. The lowest BCUT2D eigenvalue weighted by atomic mass is 9.68. The van der Waals surface area contributed by atoms with E-state index in [0.717, 1.165) is 6.42 Å². The second-order valence-electron chi connectivity index (χ2n) is 4.87. The number of fused-ring (bicyclic) bond motifs is 1. The summed E-state index contributed by atoms with van der Waals surface area (Å²) in [5.41, 5.74) is -0.911. The van der Waals surface area contributed by atoms with Gasteiger partial charge in [-0.25, -0.2) is 0 Å². The van der Waals surface area contributed by atoms with Crippen molar-refractivity contribution >= 4 is 25.0 Å². The van der Waals surface area contributed by atoms with Crippen LogP contribution in [0, 0.1) is 0 Å². The molecule has 0 saturated heterocycles. The van der Waals surface area contributed by atoms with Crippen molar-refractivity contribution in [3.05, 3.63) is 0 Å².